The fraction of sp³-hybridized carbons (Fsp3) is 0.533. The molecule has 2 unspecified atom stereocenters. The summed E-state index contributed by atoms with van der Waals surface area (Å²) in [5, 5.41) is 34.1. The number of nitrogens with zero attached hydrogens (tertiary/aromatic N) is 4. The molecule has 6 atom stereocenters. The van der Waals surface area contributed by atoms with Crippen LogP contribution < -0.4 is 20.4 Å². The summed E-state index contributed by atoms with van der Waals surface area (Å²) in [6.45, 7) is 1.08. The van der Waals surface area contributed by atoms with Crippen molar-refractivity contribution in [1.82, 2.24) is 24.8 Å². The Bertz CT molecular complexity index is 1190. The Morgan fingerprint density at radius 1 is 1.23 bits per heavy atom. The first-order chi connectivity index (χ1) is 16.3. The van der Waals surface area contributed by atoms with E-state index in [1.54, 1.807) is 6.92 Å². The van der Waals surface area contributed by atoms with Crippen molar-refractivity contribution in [1.29, 1.82) is 0 Å². The summed E-state index contributed by atoms with van der Waals surface area (Å²) in [7, 11) is -10.9. The first-order valence-electron chi connectivity index (χ1n) is 9.76. The van der Waals surface area contributed by atoms with Gasteiger partial charge in [-0.05, 0) is 6.92 Å². The largest absolute Gasteiger partial charge is 0.778 e. The SMILES string of the molecule is CCNC(=O)Nc1ncnc2c1ncn2[C@@H]1O[C@H](COP(=O)([O-])OP(=O)([O-])CC(=O)O)[C@H](O)[C@@H]1O. The lowest BCUT2D eigenvalue weighted by Gasteiger charge is -2.31. The number of phosphoric acid groups is 1. The molecule has 0 spiro atoms. The number of aliphatic carboxylic acids is 1. The Kier molecular flexibility index (Phi) is 8.21. The number of aliphatic hydroxyl groups excluding tert-OH is 2. The van der Waals surface area contributed by atoms with E-state index in [1.807, 2.05) is 0 Å². The molecule has 1 aliphatic rings. The van der Waals surface area contributed by atoms with Crippen molar-refractivity contribution in [3.63, 3.8) is 0 Å². The molecule has 2 amide bonds. The van der Waals surface area contributed by atoms with Crippen molar-refractivity contribution in [2.24, 2.45) is 0 Å². The molecule has 18 nitrogen and oxygen atoms in total. The number of nitrogens with one attached hydrogen (secondary N) is 2. The number of hydrogen-bond acceptors (Lipinski definition) is 14. The number of anilines is 1. The Hall–Kier alpha value is -2.53. The number of urea groups is 1. The highest BCUT2D eigenvalue weighted by Crippen LogP contribution is 2.55. The zero-order chi connectivity index (χ0) is 26.0. The van der Waals surface area contributed by atoms with Crippen LogP contribution in [-0.2, 0) is 27.5 Å². The van der Waals surface area contributed by atoms with Gasteiger partial charge in [0.15, 0.2) is 30.8 Å². The molecule has 3 rings (SSSR count). The molecule has 0 aliphatic carbocycles. The van der Waals surface area contributed by atoms with Crippen molar-refractivity contribution in [3.05, 3.63) is 12.7 Å². The lowest BCUT2D eigenvalue weighted by Crippen LogP contribution is -2.34. The number of ether oxygens (including phenoxy) is 1. The van der Waals surface area contributed by atoms with E-state index in [4.69, 9.17) is 9.84 Å². The molecule has 0 saturated carbocycles. The fourth-order valence-corrected chi connectivity index (χ4v) is 5.37. The van der Waals surface area contributed by atoms with Crippen LogP contribution >= 0.6 is 15.4 Å². The first kappa shape index (κ1) is 27.1. The number of hydrogen-bond donors (Lipinski definition) is 5. The van der Waals surface area contributed by atoms with Gasteiger partial charge < -0.3 is 44.2 Å². The number of carboxylic acids is 1. The van der Waals surface area contributed by atoms with Crippen LogP contribution in [0, 0.1) is 0 Å². The minimum atomic E-state index is -5.56. The average molecular weight is 538 g/mol. The quantitative estimate of drug-likeness (QED) is 0.199. The van der Waals surface area contributed by atoms with Gasteiger partial charge in [-0.25, -0.2) is 19.7 Å². The Morgan fingerprint density at radius 3 is 2.60 bits per heavy atom. The average Bonchev–Trinajstić information content (AvgIpc) is 3.27. The van der Waals surface area contributed by atoms with Gasteiger partial charge in [0.2, 0.25) is 0 Å². The summed E-state index contributed by atoms with van der Waals surface area (Å²) in [5.74, 6) is -1.80. The lowest BCUT2D eigenvalue weighted by atomic mass is 10.1. The number of aliphatic hydroxyl groups is 2. The number of phosphoric ester groups is 1. The number of imidazole rings is 1. The van der Waals surface area contributed by atoms with Gasteiger partial charge in [0.1, 0.15) is 30.8 Å². The summed E-state index contributed by atoms with van der Waals surface area (Å²) in [6, 6.07) is -0.554. The van der Waals surface area contributed by atoms with E-state index in [0.717, 1.165) is 6.33 Å². The molecule has 5 N–H and O–H groups in total. The number of amides is 2. The molecule has 2 aromatic heterocycles. The Balaban J connectivity index is 1.72. The third kappa shape index (κ3) is 6.58. The van der Waals surface area contributed by atoms with Gasteiger partial charge in [-0.1, -0.05) is 0 Å². The van der Waals surface area contributed by atoms with Gasteiger partial charge in [-0.3, -0.25) is 23.6 Å². The summed E-state index contributed by atoms with van der Waals surface area (Å²) < 4.78 is 38.1. The second-order valence-corrected chi connectivity index (χ2v) is 10.4. The van der Waals surface area contributed by atoms with Crippen LogP contribution in [-0.4, -0.2) is 84.5 Å². The van der Waals surface area contributed by atoms with Gasteiger partial charge in [-0.2, -0.15) is 0 Å². The lowest BCUT2D eigenvalue weighted by molar-refractivity contribution is -0.233. The smallest absolute Gasteiger partial charge is 0.320 e. The van der Waals surface area contributed by atoms with E-state index in [2.05, 4.69) is 34.4 Å². The van der Waals surface area contributed by atoms with Gasteiger partial charge in [0.05, 0.1) is 12.9 Å². The summed E-state index contributed by atoms with van der Waals surface area (Å²) >= 11 is 0. The van der Waals surface area contributed by atoms with Crippen LogP contribution in [0.5, 0.6) is 0 Å². The van der Waals surface area contributed by atoms with Crippen molar-refractivity contribution in [2.75, 3.05) is 24.6 Å². The number of rotatable bonds is 10. The molecular formula is C15H20N6O12P2-2. The summed E-state index contributed by atoms with van der Waals surface area (Å²) in [5.41, 5.74) is 0.203. The maximum atomic E-state index is 11.8. The number of carbonyl (C=O) groups excluding carboxylic acids is 1. The maximum Gasteiger partial charge on any atom is 0.320 e. The molecule has 1 saturated heterocycles. The minimum Gasteiger partial charge on any atom is -0.778 e. The monoisotopic (exact) mass is 538 g/mol. The Labute approximate surface area is 196 Å². The third-order valence-corrected chi connectivity index (χ3v) is 7.41. The second-order valence-electron chi connectivity index (χ2n) is 7.06. The summed E-state index contributed by atoms with van der Waals surface area (Å²) in [4.78, 5) is 57.5. The highest BCUT2D eigenvalue weighted by atomic mass is 31.3. The molecule has 0 radical (unpaired) electrons. The highest BCUT2D eigenvalue weighted by molar-refractivity contribution is 7.63. The molecule has 1 fully saturated rings. The minimum absolute atomic E-state index is 0.0421. The van der Waals surface area contributed by atoms with Crippen LogP contribution in [0.25, 0.3) is 11.2 Å². The molecule has 194 valence electrons. The fourth-order valence-electron chi connectivity index (χ4n) is 3.07. The van der Waals surface area contributed by atoms with Gasteiger partial charge in [0.25, 0.3) is 7.82 Å². The molecule has 1 aliphatic heterocycles. The van der Waals surface area contributed by atoms with Crippen molar-refractivity contribution in [3.8, 4) is 0 Å². The predicted octanol–water partition coefficient (Wildman–Crippen LogP) is -2.27. The van der Waals surface area contributed by atoms with E-state index in [9.17, 15) is 38.7 Å². The summed E-state index contributed by atoms with van der Waals surface area (Å²) in [6.07, 6.45) is -5.50. The van der Waals surface area contributed by atoms with Crippen molar-refractivity contribution >= 4 is 44.4 Å². The number of carboxylic acid groups (broad SMARTS) is 1. The van der Waals surface area contributed by atoms with Gasteiger partial charge in [0, 0.05) is 6.54 Å². The van der Waals surface area contributed by atoms with E-state index >= 15 is 0 Å². The number of fused-ring (bicyclic) bond motifs is 1. The maximum absolute atomic E-state index is 11.8. The third-order valence-electron chi connectivity index (χ3n) is 4.49. The molecule has 20 heteroatoms. The molecular weight excluding hydrogens is 518 g/mol. The van der Waals surface area contributed by atoms with E-state index < -0.39 is 64.7 Å². The van der Waals surface area contributed by atoms with Crippen LogP contribution in [0.15, 0.2) is 12.7 Å². The van der Waals surface area contributed by atoms with E-state index in [0.29, 0.717) is 6.54 Å². The van der Waals surface area contributed by atoms with Crippen LogP contribution in [0.3, 0.4) is 0 Å². The molecule has 2 aromatic rings. The number of carbonyl (C=O) groups is 2. The standard InChI is InChI=1S/C15H22N6O12P2/c1-2-16-15(26)20-12-9-13(18-5-17-12)21(6-19-9)14-11(25)10(24)7(32-14)3-31-35(29,30)33-34(27,28)4-8(22)23/h5-7,10-11,14,24-25H,2-4H2,1H3,(H,22,23)(H,27,28)(H,29,30)(H2,16,17,18,20,26)/p-2/t7-,10+,11+,14-/m1/s1. The molecule has 0 bridgehead atoms. The zero-order valence-electron chi connectivity index (χ0n) is 17.8. The Morgan fingerprint density at radius 2 is 1.94 bits per heavy atom. The van der Waals surface area contributed by atoms with Crippen LogP contribution in [0.1, 0.15) is 13.2 Å². The zero-order valence-corrected chi connectivity index (χ0v) is 19.6. The van der Waals surface area contributed by atoms with Gasteiger partial charge in [-0.15, -0.1) is 0 Å². The number of aromatic nitrogens is 4. The normalized spacial score (nSPS) is 25.6. The molecule has 3 heterocycles. The molecule has 35 heavy (non-hydrogen) atoms. The van der Waals surface area contributed by atoms with Crippen LogP contribution in [0.2, 0.25) is 0 Å². The second kappa shape index (κ2) is 10.6. The predicted molar refractivity (Wildman–Crippen MR) is 109 cm³/mol. The topological polar surface area (TPSA) is 270 Å². The van der Waals surface area contributed by atoms with Gasteiger partial charge >= 0.3 is 12.0 Å². The molecule has 0 aromatic carbocycles. The van der Waals surface area contributed by atoms with E-state index in [-0.39, 0.29) is 17.0 Å². The van der Waals surface area contributed by atoms with Crippen LogP contribution in [0.4, 0.5) is 10.6 Å². The van der Waals surface area contributed by atoms with Crippen molar-refractivity contribution < 1.29 is 57.4 Å². The van der Waals surface area contributed by atoms with Crippen molar-refractivity contribution in [2.45, 2.75) is 31.5 Å². The first-order valence-corrected chi connectivity index (χ1v) is 12.9. The highest BCUT2D eigenvalue weighted by Gasteiger charge is 2.45. The van der Waals surface area contributed by atoms with E-state index in [1.165, 1.54) is 10.9 Å².